The zero-order chi connectivity index (χ0) is 21.1. The van der Waals surface area contributed by atoms with E-state index in [9.17, 15) is 0 Å². The minimum Gasteiger partial charge on any atom is -0.372 e. The van der Waals surface area contributed by atoms with Crippen LogP contribution in [0.2, 0.25) is 0 Å². The normalized spacial score (nSPS) is 10.8. The van der Waals surface area contributed by atoms with Crippen molar-refractivity contribution in [1.29, 1.82) is 0 Å². The maximum Gasteiger partial charge on any atom is 0.222 e. The molecule has 2 aromatic heterocycles. The van der Waals surface area contributed by atoms with Gasteiger partial charge in [-0.05, 0) is 54.3 Å². The molecule has 4 aromatic rings. The van der Waals surface area contributed by atoms with Crippen LogP contribution in [0.3, 0.4) is 0 Å². The molecule has 0 aliphatic carbocycles. The summed E-state index contributed by atoms with van der Waals surface area (Å²) in [5.41, 5.74) is 3.52. The molecule has 0 fully saturated rings. The molecule has 0 atom stereocenters. The molecule has 0 aliphatic rings. The van der Waals surface area contributed by atoms with Crippen molar-refractivity contribution in [2.24, 2.45) is 0 Å². The van der Waals surface area contributed by atoms with Gasteiger partial charge in [-0.1, -0.05) is 18.2 Å². The first-order valence-corrected chi connectivity index (χ1v) is 10.2. The third kappa shape index (κ3) is 3.99. The topological polar surface area (TPSA) is 74.8 Å². The number of nitrogens with one attached hydrogen (secondary N) is 3. The second-order valence-electron chi connectivity index (χ2n) is 6.70. The quantitative estimate of drug-likeness (QED) is 0.364. The molecule has 0 radical (unpaired) electrons. The van der Waals surface area contributed by atoms with Crippen molar-refractivity contribution in [3.63, 3.8) is 0 Å². The molecule has 0 unspecified atom stereocenters. The number of rotatable bonds is 6. The summed E-state index contributed by atoms with van der Waals surface area (Å²) in [5.74, 6) is 0.977. The first-order chi connectivity index (χ1) is 14.6. The fraction of sp³-hybridized carbons (Fsp3) is 0.136. The molecule has 0 saturated carbocycles. The number of pyridine rings is 1. The van der Waals surface area contributed by atoms with E-state index in [0.717, 1.165) is 32.7 Å². The van der Waals surface area contributed by atoms with E-state index in [0.29, 0.717) is 17.2 Å². The summed E-state index contributed by atoms with van der Waals surface area (Å²) in [7, 11) is 3.58. The molecule has 3 N–H and O–H groups in total. The van der Waals surface area contributed by atoms with Gasteiger partial charge in [0.1, 0.15) is 5.82 Å². The monoisotopic (exact) mass is 420 g/mol. The molecule has 0 amide bonds. The van der Waals surface area contributed by atoms with Crippen LogP contribution in [0.15, 0.2) is 59.8 Å². The number of aryl methyl sites for hydroxylation is 1. The van der Waals surface area contributed by atoms with Gasteiger partial charge in [0.15, 0.2) is 5.82 Å². The van der Waals surface area contributed by atoms with Gasteiger partial charge in [-0.25, -0.2) is 19.3 Å². The molecule has 2 aromatic carbocycles. The van der Waals surface area contributed by atoms with E-state index in [4.69, 9.17) is 0 Å². The summed E-state index contributed by atoms with van der Waals surface area (Å²) < 4.78 is 18.4. The predicted octanol–water partition coefficient (Wildman–Crippen LogP) is 5.34. The maximum absolute atomic E-state index is 15.3. The Bertz CT molecular complexity index is 1210. The number of aromatic nitrogens is 3. The molecular weight excluding hydrogens is 399 g/mol. The van der Waals surface area contributed by atoms with Gasteiger partial charge in [0, 0.05) is 37.4 Å². The standard InChI is InChI=1S/C22H21FN6S/c1-13-9-19(21(24-2)26-11-13)30-29-18-6-4-5-16(20(18)23)14-7-8-17-15(10-14)12-27-22(25-3)28-17/h4-12,29H,1-3H3,(H,24,26)(H,25,27,28). The van der Waals surface area contributed by atoms with Gasteiger partial charge < -0.3 is 15.4 Å². The van der Waals surface area contributed by atoms with Gasteiger partial charge in [-0.15, -0.1) is 0 Å². The summed E-state index contributed by atoms with van der Waals surface area (Å²) in [6.45, 7) is 1.97. The highest BCUT2D eigenvalue weighted by atomic mass is 32.2. The summed E-state index contributed by atoms with van der Waals surface area (Å²) >= 11 is 1.32. The zero-order valence-electron chi connectivity index (χ0n) is 16.8. The molecule has 0 bridgehead atoms. The Morgan fingerprint density at radius 1 is 0.967 bits per heavy atom. The third-order valence-corrected chi connectivity index (χ3v) is 5.46. The Morgan fingerprint density at radius 2 is 1.83 bits per heavy atom. The highest BCUT2D eigenvalue weighted by Crippen LogP contribution is 2.33. The molecule has 6 nitrogen and oxygen atoms in total. The van der Waals surface area contributed by atoms with Gasteiger partial charge in [0.05, 0.1) is 16.1 Å². The molecule has 0 aliphatic heterocycles. The lowest BCUT2D eigenvalue weighted by Gasteiger charge is -2.13. The summed E-state index contributed by atoms with van der Waals surface area (Å²) in [4.78, 5) is 13.9. The molecule has 152 valence electrons. The van der Waals surface area contributed by atoms with Crippen LogP contribution in [0.25, 0.3) is 22.0 Å². The van der Waals surface area contributed by atoms with E-state index in [1.54, 1.807) is 31.6 Å². The van der Waals surface area contributed by atoms with E-state index in [-0.39, 0.29) is 5.82 Å². The average Bonchev–Trinajstić information content (AvgIpc) is 2.77. The highest BCUT2D eigenvalue weighted by molar-refractivity contribution is 8.00. The third-order valence-electron chi connectivity index (χ3n) is 4.61. The number of hydrogen-bond donors (Lipinski definition) is 3. The Balaban J connectivity index is 1.63. The summed E-state index contributed by atoms with van der Waals surface area (Å²) in [6.07, 6.45) is 3.53. The van der Waals surface area contributed by atoms with Gasteiger partial charge >= 0.3 is 0 Å². The minimum atomic E-state index is -0.316. The van der Waals surface area contributed by atoms with Crippen molar-refractivity contribution in [2.75, 3.05) is 29.5 Å². The van der Waals surface area contributed by atoms with Crippen LogP contribution < -0.4 is 15.4 Å². The van der Waals surface area contributed by atoms with E-state index in [1.165, 1.54) is 11.9 Å². The van der Waals surface area contributed by atoms with Crippen LogP contribution in [0, 0.1) is 12.7 Å². The Morgan fingerprint density at radius 3 is 2.63 bits per heavy atom. The minimum absolute atomic E-state index is 0.316. The van der Waals surface area contributed by atoms with Crippen LogP contribution in [-0.2, 0) is 0 Å². The lowest BCUT2D eigenvalue weighted by Crippen LogP contribution is -1.99. The van der Waals surface area contributed by atoms with Crippen molar-refractivity contribution in [3.8, 4) is 11.1 Å². The van der Waals surface area contributed by atoms with Crippen molar-refractivity contribution < 1.29 is 4.39 Å². The first-order valence-electron chi connectivity index (χ1n) is 9.39. The van der Waals surface area contributed by atoms with Gasteiger partial charge in [0.25, 0.3) is 0 Å². The van der Waals surface area contributed by atoms with Gasteiger partial charge in [0.2, 0.25) is 5.95 Å². The number of fused-ring (bicyclic) bond motifs is 1. The van der Waals surface area contributed by atoms with Crippen LogP contribution >= 0.6 is 11.9 Å². The van der Waals surface area contributed by atoms with Crippen LogP contribution in [0.4, 0.5) is 21.8 Å². The molecule has 2 heterocycles. The van der Waals surface area contributed by atoms with Crippen LogP contribution in [0.5, 0.6) is 0 Å². The van der Waals surface area contributed by atoms with Gasteiger partial charge in [-0.3, -0.25) is 0 Å². The Labute approximate surface area is 178 Å². The Hall–Kier alpha value is -3.39. The van der Waals surface area contributed by atoms with Crippen LogP contribution in [0.1, 0.15) is 5.56 Å². The smallest absolute Gasteiger partial charge is 0.222 e. The maximum atomic E-state index is 15.3. The molecular formula is C22H21FN6S. The second-order valence-corrected chi connectivity index (χ2v) is 7.55. The number of hydrogen-bond acceptors (Lipinski definition) is 7. The van der Waals surface area contributed by atoms with Crippen molar-refractivity contribution in [1.82, 2.24) is 15.0 Å². The van der Waals surface area contributed by atoms with E-state index in [1.807, 2.05) is 44.3 Å². The SMILES string of the molecule is CNc1ncc2cc(-c3cccc(NSc4cc(C)cnc4NC)c3F)ccc2n1. The molecule has 0 saturated heterocycles. The fourth-order valence-corrected chi connectivity index (χ4v) is 3.95. The van der Waals surface area contributed by atoms with E-state index >= 15 is 4.39 Å². The second kappa shape index (κ2) is 8.54. The molecule has 8 heteroatoms. The molecule has 4 rings (SSSR count). The number of anilines is 3. The molecule has 0 spiro atoms. The lowest BCUT2D eigenvalue weighted by atomic mass is 10.0. The zero-order valence-corrected chi connectivity index (χ0v) is 17.6. The van der Waals surface area contributed by atoms with Crippen molar-refractivity contribution in [2.45, 2.75) is 11.8 Å². The summed E-state index contributed by atoms with van der Waals surface area (Å²) in [5, 5.41) is 6.82. The largest absolute Gasteiger partial charge is 0.372 e. The Kier molecular flexibility index (Phi) is 5.67. The summed E-state index contributed by atoms with van der Waals surface area (Å²) in [6, 6.07) is 13.0. The average molecular weight is 421 g/mol. The van der Waals surface area contributed by atoms with Crippen molar-refractivity contribution >= 4 is 40.3 Å². The van der Waals surface area contributed by atoms with E-state index < -0.39 is 0 Å². The number of halogens is 1. The highest BCUT2D eigenvalue weighted by Gasteiger charge is 2.12. The predicted molar refractivity (Wildman–Crippen MR) is 122 cm³/mol. The first kappa shape index (κ1) is 19.9. The number of nitrogens with zero attached hydrogens (tertiary/aromatic N) is 3. The number of benzene rings is 2. The van der Waals surface area contributed by atoms with Crippen molar-refractivity contribution in [3.05, 3.63) is 66.2 Å². The fourth-order valence-electron chi connectivity index (χ4n) is 3.07. The van der Waals surface area contributed by atoms with E-state index in [2.05, 4.69) is 30.3 Å². The van der Waals surface area contributed by atoms with Crippen LogP contribution in [-0.4, -0.2) is 29.0 Å². The molecule has 30 heavy (non-hydrogen) atoms. The van der Waals surface area contributed by atoms with Gasteiger partial charge in [-0.2, -0.15) is 0 Å². The lowest BCUT2D eigenvalue weighted by molar-refractivity contribution is 0.636.